The fourth-order valence-electron chi connectivity index (χ4n) is 1.58. The summed E-state index contributed by atoms with van der Waals surface area (Å²) in [6, 6.07) is 13.4. The zero-order valence-electron chi connectivity index (χ0n) is 11.8. The summed E-state index contributed by atoms with van der Waals surface area (Å²) in [5.41, 5.74) is 8.00. The predicted molar refractivity (Wildman–Crippen MR) is 91.4 cm³/mol. The molecule has 0 aliphatic heterocycles. The van der Waals surface area contributed by atoms with Crippen molar-refractivity contribution in [3.63, 3.8) is 0 Å². The number of benzene rings is 2. The van der Waals surface area contributed by atoms with Gasteiger partial charge in [-0.25, -0.2) is 0 Å². The normalized spacial score (nSPS) is 9.65. The van der Waals surface area contributed by atoms with E-state index in [1.165, 1.54) is 12.1 Å². The molecular formula is C17H10FNO2P2. The Morgan fingerprint density at radius 1 is 1.00 bits per heavy atom. The van der Waals surface area contributed by atoms with Crippen molar-refractivity contribution < 1.29 is 13.5 Å². The Morgan fingerprint density at radius 2 is 1.48 bits per heavy atom. The number of nitrogens with two attached hydrogens (primary N) is 1. The molecule has 3 nitrogen and oxygen atoms in total. The van der Waals surface area contributed by atoms with E-state index in [4.69, 9.17) is 5.73 Å². The quantitative estimate of drug-likeness (QED) is 0.474. The zero-order valence-corrected chi connectivity index (χ0v) is 13.6. The first kappa shape index (κ1) is 16.9. The molecular weight excluding hydrogens is 331 g/mol. The third-order valence-corrected chi connectivity index (χ3v) is 3.23. The summed E-state index contributed by atoms with van der Waals surface area (Å²) in [7, 11) is 0.895. The molecule has 1 unspecified atom stereocenters. The van der Waals surface area contributed by atoms with Gasteiger partial charge in [-0.3, -0.25) is 0 Å². The van der Waals surface area contributed by atoms with E-state index in [0.29, 0.717) is 11.3 Å². The summed E-state index contributed by atoms with van der Waals surface area (Å²) in [5.74, 6) is 10.4. The molecule has 6 heteroatoms. The maximum atomic E-state index is 12.5. The van der Waals surface area contributed by atoms with Crippen molar-refractivity contribution in [2.24, 2.45) is 0 Å². The van der Waals surface area contributed by atoms with Crippen molar-refractivity contribution >= 4 is 27.6 Å². The number of hydrogen-bond donors (Lipinski definition) is 1. The number of rotatable bonds is 1. The van der Waals surface area contributed by atoms with Gasteiger partial charge in [0.25, 0.3) is 0 Å². The third-order valence-electron chi connectivity index (χ3n) is 2.67. The molecule has 2 aromatic rings. The smallest absolute Gasteiger partial charge is 0.0379 e. The van der Waals surface area contributed by atoms with Crippen LogP contribution in [0.1, 0.15) is 21.5 Å². The molecule has 2 aromatic carbocycles. The summed E-state index contributed by atoms with van der Waals surface area (Å²) < 4.78 is 16.9. The van der Waals surface area contributed by atoms with Gasteiger partial charge < -0.3 is 5.73 Å². The van der Waals surface area contributed by atoms with E-state index in [9.17, 15) is 8.99 Å². The molecule has 0 saturated carbocycles. The first-order chi connectivity index (χ1) is 11.0. The number of anilines is 1. The molecule has 0 saturated heterocycles. The maximum absolute atomic E-state index is 12.5. The monoisotopic (exact) mass is 341 g/mol. The van der Waals surface area contributed by atoms with Gasteiger partial charge >= 0.3 is 100 Å². The Bertz CT molecular complexity index is 905. The first-order valence-corrected chi connectivity index (χ1v) is 8.69. The van der Waals surface area contributed by atoms with Crippen LogP contribution < -0.4 is 5.73 Å². The topological polar surface area (TPSA) is 52.3 Å². The summed E-state index contributed by atoms with van der Waals surface area (Å²) in [6.45, 7) is 0. The van der Waals surface area contributed by atoms with Crippen LogP contribution >= 0.6 is 15.9 Å². The fraction of sp³-hybridized carbons (Fsp3) is 0. The van der Waals surface area contributed by atoms with Gasteiger partial charge in [0.15, 0.2) is 0 Å². The van der Waals surface area contributed by atoms with Crippen LogP contribution in [-0.4, -0.2) is 5.97 Å². The van der Waals surface area contributed by atoms with Crippen molar-refractivity contribution in [2.75, 3.05) is 5.73 Å². The van der Waals surface area contributed by atoms with Crippen LogP contribution in [0, 0.1) is 23.7 Å². The summed E-state index contributed by atoms with van der Waals surface area (Å²) >= 11 is 0. The number of carbonyl (C=O) groups is 1. The molecule has 0 bridgehead atoms. The van der Waals surface area contributed by atoms with Crippen LogP contribution in [0.15, 0.2) is 48.5 Å². The Labute approximate surface area is 136 Å². The number of nitrogen functional groups attached to an aromatic ring is 1. The van der Waals surface area contributed by atoms with Crippen LogP contribution in [0.4, 0.5) is 9.88 Å². The number of halogens is 1. The van der Waals surface area contributed by atoms with E-state index in [1.54, 1.807) is 24.3 Å². The van der Waals surface area contributed by atoms with E-state index in [1.807, 2.05) is 12.1 Å². The third kappa shape index (κ3) is 5.65. The molecule has 0 aliphatic rings. The number of carbonyl (C=O) groups excluding carboxylic acids is 1. The average Bonchev–Trinajstić information content (AvgIpc) is 2.53. The van der Waals surface area contributed by atoms with E-state index >= 15 is 0 Å². The van der Waals surface area contributed by atoms with Gasteiger partial charge in [0.1, 0.15) is 0 Å². The molecule has 0 aliphatic carbocycles. The van der Waals surface area contributed by atoms with Gasteiger partial charge in [-0.1, -0.05) is 0 Å². The molecule has 0 aromatic heterocycles. The van der Waals surface area contributed by atoms with Crippen molar-refractivity contribution in [1.82, 2.24) is 0 Å². The van der Waals surface area contributed by atoms with Crippen molar-refractivity contribution in [3.8, 4) is 23.7 Å². The molecule has 23 heavy (non-hydrogen) atoms. The zero-order chi connectivity index (χ0) is 16.7. The minimum absolute atomic E-state index is 0.239. The van der Waals surface area contributed by atoms with Crippen LogP contribution in [0.2, 0.25) is 0 Å². The average molecular weight is 341 g/mol. The number of hydrogen-bond acceptors (Lipinski definition) is 3. The second-order valence-corrected chi connectivity index (χ2v) is 5.88. The molecule has 0 amide bonds. The molecule has 0 radical (unpaired) electrons. The van der Waals surface area contributed by atoms with E-state index in [0.717, 1.165) is 5.56 Å². The fourth-order valence-corrected chi connectivity index (χ4v) is 2.05. The maximum Gasteiger partial charge on any atom is -0.0379 e. The van der Waals surface area contributed by atoms with Crippen LogP contribution in [0.5, 0.6) is 0 Å². The molecule has 0 spiro atoms. The van der Waals surface area contributed by atoms with Crippen molar-refractivity contribution in [1.29, 1.82) is 0 Å². The Kier molecular flexibility index (Phi) is 6.02. The minimum atomic E-state index is -2.52. The second-order valence-electron chi connectivity index (χ2n) is 4.30. The summed E-state index contributed by atoms with van der Waals surface area (Å²) in [5, 5.41) is 0. The molecule has 112 valence electrons. The van der Waals surface area contributed by atoms with Gasteiger partial charge in [-0.05, 0) is 24.3 Å². The van der Waals surface area contributed by atoms with E-state index in [2.05, 4.69) is 36.5 Å². The van der Waals surface area contributed by atoms with E-state index in [-0.39, 0.29) is 5.56 Å². The molecule has 1 atom stereocenters. The van der Waals surface area contributed by atoms with Crippen LogP contribution in [-0.2, 0) is 4.52 Å². The summed E-state index contributed by atoms with van der Waals surface area (Å²) in [4.78, 5) is 11.4. The predicted octanol–water partition coefficient (Wildman–Crippen LogP) is 4.44. The Morgan fingerprint density at radius 3 is 1.96 bits per heavy atom. The van der Waals surface area contributed by atoms with Crippen LogP contribution in [0.25, 0.3) is 0 Å². The van der Waals surface area contributed by atoms with Gasteiger partial charge in [0.2, 0.25) is 0 Å². The minimum Gasteiger partial charge on any atom is -0.0444 e. The standard InChI is InChI=1S/C17H10FNO2P2/c18-23(22)21-17(20)15-9-5-13(6-10-15)3-1-2-4-14-7-11-16(19)12-8-14/h5-12H,19H2. The Hall–Kier alpha value is -2.51. The summed E-state index contributed by atoms with van der Waals surface area (Å²) in [6.07, 6.45) is 0. The Balaban J connectivity index is 2.04. The van der Waals surface area contributed by atoms with Gasteiger partial charge in [0.05, 0.1) is 0 Å². The van der Waals surface area contributed by atoms with Gasteiger partial charge in [0, 0.05) is 5.69 Å². The molecule has 0 heterocycles. The van der Waals surface area contributed by atoms with Gasteiger partial charge in [-0.15, -0.1) is 0 Å². The van der Waals surface area contributed by atoms with Gasteiger partial charge in [-0.2, -0.15) is 0 Å². The second kappa shape index (κ2) is 8.21. The van der Waals surface area contributed by atoms with Crippen molar-refractivity contribution in [2.45, 2.75) is 0 Å². The largest absolute Gasteiger partial charge is 0.0444 e. The molecule has 2 rings (SSSR count). The molecule has 2 N–H and O–H groups in total. The van der Waals surface area contributed by atoms with E-state index < -0.39 is 13.5 Å². The first-order valence-electron chi connectivity index (χ1n) is 6.39. The SMILES string of the molecule is Nc1ccc(C#CC#Cc2ccc(C(=O)OP(F)#P)cc2)cc1. The van der Waals surface area contributed by atoms with Crippen molar-refractivity contribution in [3.05, 3.63) is 65.2 Å². The van der Waals surface area contributed by atoms with Crippen LogP contribution in [0.3, 0.4) is 0 Å². The molecule has 0 fully saturated rings.